The van der Waals surface area contributed by atoms with Crippen LogP contribution in [0.25, 0.3) is 0 Å². The molecule has 1 atom stereocenters. The molecule has 2 nitrogen and oxygen atoms in total. The molecule has 1 aliphatic rings. The van der Waals surface area contributed by atoms with Crippen molar-refractivity contribution in [3.63, 3.8) is 0 Å². The standard InChI is InChI=1S/C9H16BF2IO2/c1-8(2)9(3,4)15-10(14-8)6(13)5-7(11)12/h6-7H,5H2,1-4H3/t6-/m1/s1. The Morgan fingerprint density at radius 3 is 1.87 bits per heavy atom. The summed E-state index contributed by atoms with van der Waals surface area (Å²) in [6.45, 7) is 7.66. The van der Waals surface area contributed by atoms with Gasteiger partial charge in [-0.3, -0.25) is 0 Å². The van der Waals surface area contributed by atoms with Gasteiger partial charge >= 0.3 is 7.12 Å². The third-order valence-corrected chi connectivity index (χ3v) is 4.07. The minimum Gasteiger partial charge on any atom is -0.403 e. The van der Waals surface area contributed by atoms with Gasteiger partial charge in [-0.25, -0.2) is 8.78 Å². The quantitative estimate of drug-likeness (QED) is 0.449. The van der Waals surface area contributed by atoms with Crippen LogP contribution in [0.15, 0.2) is 0 Å². The van der Waals surface area contributed by atoms with Gasteiger partial charge in [0, 0.05) is 6.42 Å². The molecule has 0 bridgehead atoms. The Morgan fingerprint density at radius 1 is 1.13 bits per heavy atom. The second-order valence-electron chi connectivity index (χ2n) is 4.77. The average molecular weight is 332 g/mol. The van der Waals surface area contributed by atoms with Gasteiger partial charge < -0.3 is 9.31 Å². The Balaban J connectivity index is 2.62. The highest BCUT2D eigenvalue weighted by Crippen LogP contribution is 2.39. The zero-order chi connectivity index (χ0) is 11.9. The predicted octanol–water partition coefficient (Wildman–Crippen LogP) is 3.08. The molecular formula is C9H16BF2IO2. The fraction of sp³-hybridized carbons (Fsp3) is 1.00. The van der Waals surface area contributed by atoms with Gasteiger partial charge in [0.1, 0.15) is 0 Å². The van der Waals surface area contributed by atoms with Crippen molar-refractivity contribution in [2.75, 3.05) is 0 Å². The van der Waals surface area contributed by atoms with E-state index >= 15 is 0 Å². The molecule has 0 aromatic carbocycles. The number of hydrogen-bond acceptors (Lipinski definition) is 2. The molecule has 0 aliphatic carbocycles. The molecule has 0 radical (unpaired) electrons. The van der Waals surface area contributed by atoms with Crippen LogP contribution in [0.4, 0.5) is 8.78 Å². The van der Waals surface area contributed by atoms with E-state index in [0.717, 1.165) is 0 Å². The van der Waals surface area contributed by atoms with E-state index in [1.807, 2.05) is 50.3 Å². The largest absolute Gasteiger partial charge is 0.471 e. The monoisotopic (exact) mass is 332 g/mol. The second-order valence-corrected chi connectivity index (χ2v) is 6.37. The van der Waals surface area contributed by atoms with E-state index in [0.29, 0.717) is 0 Å². The maximum Gasteiger partial charge on any atom is 0.471 e. The zero-order valence-corrected chi connectivity index (χ0v) is 11.5. The molecule has 15 heavy (non-hydrogen) atoms. The van der Waals surface area contributed by atoms with Gasteiger partial charge in [-0.2, -0.15) is 0 Å². The van der Waals surface area contributed by atoms with E-state index in [1.54, 1.807) is 0 Å². The first-order valence-corrected chi connectivity index (χ1v) is 6.18. The van der Waals surface area contributed by atoms with Crippen molar-refractivity contribution in [2.45, 2.75) is 55.6 Å². The van der Waals surface area contributed by atoms with Gasteiger partial charge in [-0.1, -0.05) is 22.6 Å². The summed E-state index contributed by atoms with van der Waals surface area (Å²) < 4.78 is 35.4. The summed E-state index contributed by atoms with van der Waals surface area (Å²) in [6.07, 6.45) is -2.51. The van der Waals surface area contributed by atoms with Crippen LogP contribution in [-0.2, 0) is 9.31 Å². The highest BCUT2D eigenvalue weighted by atomic mass is 127. The van der Waals surface area contributed by atoms with Crippen molar-refractivity contribution in [1.82, 2.24) is 0 Å². The number of alkyl halides is 3. The Bertz CT molecular complexity index is 220. The normalized spacial score (nSPS) is 26.0. The Labute approximate surface area is 103 Å². The highest BCUT2D eigenvalue weighted by Gasteiger charge is 2.53. The number of rotatable bonds is 3. The predicted molar refractivity (Wildman–Crippen MR) is 64.5 cm³/mol. The van der Waals surface area contributed by atoms with E-state index < -0.39 is 24.7 Å². The van der Waals surface area contributed by atoms with Crippen LogP contribution >= 0.6 is 22.6 Å². The Morgan fingerprint density at radius 2 is 1.53 bits per heavy atom. The summed E-state index contributed by atoms with van der Waals surface area (Å²) in [5, 5.41) is 0. The summed E-state index contributed by atoms with van der Waals surface area (Å²) in [7, 11) is -0.537. The maximum atomic E-state index is 12.2. The lowest BCUT2D eigenvalue weighted by Gasteiger charge is -2.32. The third kappa shape index (κ3) is 3.03. The molecule has 0 aromatic heterocycles. The Hall–Kier alpha value is 0.575. The van der Waals surface area contributed by atoms with Crippen LogP contribution in [0, 0.1) is 0 Å². The molecule has 0 spiro atoms. The molecule has 0 amide bonds. The SMILES string of the molecule is CC1(C)OB([C@H](I)CC(F)F)OC1(C)C. The first kappa shape index (κ1) is 13.6. The molecule has 1 rings (SSSR count). The molecule has 88 valence electrons. The molecule has 0 unspecified atom stereocenters. The zero-order valence-electron chi connectivity index (χ0n) is 9.39. The van der Waals surface area contributed by atoms with E-state index in [2.05, 4.69) is 0 Å². The molecule has 1 fully saturated rings. The highest BCUT2D eigenvalue weighted by molar-refractivity contribution is 14.1. The van der Waals surface area contributed by atoms with Crippen molar-refractivity contribution >= 4 is 29.7 Å². The molecule has 0 aromatic rings. The molecule has 6 heteroatoms. The minimum absolute atomic E-state index is 0.197. The number of hydrogen-bond donors (Lipinski definition) is 0. The minimum atomic E-state index is -2.31. The van der Waals surface area contributed by atoms with Crippen molar-refractivity contribution in [3.8, 4) is 0 Å². The van der Waals surface area contributed by atoms with Gasteiger partial charge in [0.2, 0.25) is 6.43 Å². The van der Waals surface area contributed by atoms with Crippen LogP contribution < -0.4 is 0 Å². The van der Waals surface area contributed by atoms with Crippen molar-refractivity contribution in [3.05, 3.63) is 0 Å². The third-order valence-electron chi connectivity index (χ3n) is 2.97. The lowest BCUT2D eigenvalue weighted by molar-refractivity contribution is 0.00578. The van der Waals surface area contributed by atoms with Crippen LogP contribution in [0.3, 0.4) is 0 Å². The van der Waals surface area contributed by atoms with Gasteiger partial charge in [0.25, 0.3) is 0 Å². The summed E-state index contributed by atoms with van der Waals surface area (Å²) in [6, 6.07) is 0. The molecule has 0 saturated carbocycles. The van der Waals surface area contributed by atoms with E-state index in [-0.39, 0.29) is 10.2 Å². The van der Waals surface area contributed by atoms with Gasteiger partial charge in [0.05, 0.1) is 15.0 Å². The van der Waals surface area contributed by atoms with E-state index in [9.17, 15) is 8.78 Å². The lowest BCUT2D eigenvalue weighted by atomic mass is 9.83. The maximum absolute atomic E-state index is 12.2. The summed E-state index contributed by atoms with van der Waals surface area (Å²) in [5.41, 5.74) is -0.883. The average Bonchev–Trinajstić information content (AvgIpc) is 2.20. The fourth-order valence-corrected chi connectivity index (χ4v) is 2.00. The van der Waals surface area contributed by atoms with Crippen molar-refractivity contribution in [1.29, 1.82) is 0 Å². The summed E-state index contributed by atoms with van der Waals surface area (Å²) in [5.74, 6) is 0. The molecule has 1 saturated heterocycles. The van der Waals surface area contributed by atoms with E-state index in [1.165, 1.54) is 0 Å². The molecular weight excluding hydrogens is 316 g/mol. The summed E-state index contributed by atoms with van der Waals surface area (Å²) >= 11 is 1.96. The molecule has 1 aliphatic heterocycles. The van der Waals surface area contributed by atoms with Crippen LogP contribution in [-0.4, -0.2) is 28.6 Å². The van der Waals surface area contributed by atoms with Gasteiger partial charge in [0.15, 0.2) is 0 Å². The first-order valence-electron chi connectivity index (χ1n) is 4.93. The smallest absolute Gasteiger partial charge is 0.403 e. The lowest BCUT2D eigenvalue weighted by Crippen LogP contribution is -2.41. The first-order chi connectivity index (χ1) is 6.66. The molecule has 1 heterocycles. The van der Waals surface area contributed by atoms with Gasteiger partial charge in [-0.15, -0.1) is 0 Å². The van der Waals surface area contributed by atoms with Crippen LogP contribution in [0.5, 0.6) is 0 Å². The topological polar surface area (TPSA) is 18.5 Å². The summed E-state index contributed by atoms with van der Waals surface area (Å²) in [4.78, 5) is 0. The van der Waals surface area contributed by atoms with E-state index in [4.69, 9.17) is 9.31 Å². The van der Waals surface area contributed by atoms with Crippen LogP contribution in [0.2, 0.25) is 0 Å². The van der Waals surface area contributed by atoms with Crippen molar-refractivity contribution < 1.29 is 18.1 Å². The Kier molecular flexibility index (Phi) is 4.04. The number of halogens is 3. The van der Waals surface area contributed by atoms with Crippen LogP contribution in [0.1, 0.15) is 34.1 Å². The van der Waals surface area contributed by atoms with Gasteiger partial charge in [-0.05, 0) is 27.7 Å². The van der Waals surface area contributed by atoms with Crippen molar-refractivity contribution in [2.24, 2.45) is 0 Å². The second kappa shape index (κ2) is 4.45. The molecule has 0 N–H and O–H groups in total. The fourth-order valence-electron chi connectivity index (χ4n) is 1.32.